The van der Waals surface area contributed by atoms with Gasteiger partial charge in [0.25, 0.3) is 6.43 Å². The van der Waals surface area contributed by atoms with Crippen LogP contribution in [-0.2, 0) is 5.33 Å². The average molecular weight is 331 g/mol. The topological polar surface area (TPSA) is 22.1 Å². The third-order valence-electron chi connectivity index (χ3n) is 1.66. The minimum atomic E-state index is -2.55. The van der Waals surface area contributed by atoms with Crippen LogP contribution in [0.25, 0.3) is 0 Å². The lowest BCUT2D eigenvalue weighted by atomic mass is 10.2. The minimum absolute atomic E-state index is 0.0753. The van der Waals surface area contributed by atoms with Gasteiger partial charge in [-0.2, -0.15) is 0 Å². The van der Waals surface area contributed by atoms with Gasteiger partial charge in [0.15, 0.2) is 0 Å². The molecule has 0 spiro atoms. The predicted octanol–water partition coefficient (Wildman–Crippen LogP) is 3.69. The summed E-state index contributed by atoms with van der Waals surface area (Å²) in [4.78, 5) is 3.88. The van der Waals surface area contributed by atoms with Crippen LogP contribution < -0.4 is 4.74 Å². The quantitative estimate of drug-likeness (QED) is 0.789. The second-order valence-corrected chi connectivity index (χ2v) is 3.81. The van der Waals surface area contributed by atoms with Crippen LogP contribution in [0.2, 0.25) is 0 Å². The molecule has 0 N–H and O–H groups in total. The third kappa shape index (κ3) is 2.23. The van der Waals surface area contributed by atoms with Gasteiger partial charge in [0.05, 0.1) is 11.6 Å². The Bertz CT molecular complexity index is 333. The van der Waals surface area contributed by atoms with Crippen LogP contribution in [0.15, 0.2) is 10.7 Å². The van der Waals surface area contributed by atoms with Crippen LogP contribution in [0, 0.1) is 0 Å². The summed E-state index contributed by atoms with van der Waals surface area (Å²) in [6, 6.07) is 0. The number of aromatic nitrogens is 1. The summed E-state index contributed by atoms with van der Waals surface area (Å²) < 4.78 is 30.4. The molecule has 1 aromatic heterocycles. The molecular formula is C8H7Br2F2NO. The molecule has 0 radical (unpaired) electrons. The van der Waals surface area contributed by atoms with E-state index in [-0.39, 0.29) is 15.9 Å². The first kappa shape index (κ1) is 11.8. The Morgan fingerprint density at radius 1 is 1.57 bits per heavy atom. The number of rotatable bonds is 3. The molecule has 1 aromatic rings. The number of methoxy groups -OCH3 is 1. The summed E-state index contributed by atoms with van der Waals surface area (Å²) in [6.45, 7) is 0. The van der Waals surface area contributed by atoms with Gasteiger partial charge in [-0.25, -0.2) is 13.8 Å². The zero-order chi connectivity index (χ0) is 10.7. The van der Waals surface area contributed by atoms with Gasteiger partial charge in [0.1, 0.15) is 0 Å². The normalized spacial score (nSPS) is 10.7. The zero-order valence-electron chi connectivity index (χ0n) is 7.23. The van der Waals surface area contributed by atoms with Crippen molar-refractivity contribution in [3.63, 3.8) is 0 Å². The highest BCUT2D eigenvalue weighted by atomic mass is 79.9. The minimum Gasteiger partial charge on any atom is -0.480 e. The number of hydrogen-bond donors (Lipinski definition) is 0. The number of ether oxygens (including phenoxy) is 1. The summed E-state index contributed by atoms with van der Waals surface area (Å²) in [7, 11) is 1.39. The molecule has 14 heavy (non-hydrogen) atoms. The lowest BCUT2D eigenvalue weighted by Crippen LogP contribution is -1.99. The van der Waals surface area contributed by atoms with Crippen LogP contribution in [0.3, 0.4) is 0 Å². The van der Waals surface area contributed by atoms with E-state index in [0.29, 0.717) is 10.9 Å². The predicted molar refractivity (Wildman–Crippen MR) is 56.1 cm³/mol. The number of halogens is 4. The van der Waals surface area contributed by atoms with Gasteiger partial charge in [0.2, 0.25) is 5.88 Å². The number of nitrogens with zero attached hydrogens (tertiary/aromatic N) is 1. The number of alkyl halides is 3. The molecule has 0 aliphatic rings. The van der Waals surface area contributed by atoms with E-state index in [0.717, 1.165) is 0 Å². The summed E-state index contributed by atoms with van der Waals surface area (Å²) in [6.07, 6.45) is -1.17. The van der Waals surface area contributed by atoms with E-state index < -0.39 is 6.43 Å². The molecule has 0 aromatic carbocycles. The molecule has 0 saturated heterocycles. The van der Waals surface area contributed by atoms with E-state index in [9.17, 15) is 8.78 Å². The van der Waals surface area contributed by atoms with E-state index in [4.69, 9.17) is 4.74 Å². The Morgan fingerprint density at radius 2 is 2.21 bits per heavy atom. The zero-order valence-corrected chi connectivity index (χ0v) is 10.4. The molecule has 0 atom stereocenters. The van der Waals surface area contributed by atoms with Crippen LogP contribution in [0.4, 0.5) is 8.78 Å². The first-order chi connectivity index (χ1) is 6.61. The summed E-state index contributed by atoms with van der Waals surface area (Å²) in [5.74, 6) is 0.171. The van der Waals surface area contributed by atoms with Gasteiger partial charge in [0, 0.05) is 17.1 Å². The van der Waals surface area contributed by atoms with E-state index in [1.165, 1.54) is 13.3 Å². The van der Waals surface area contributed by atoms with Crippen molar-refractivity contribution in [2.75, 3.05) is 7.11 Å². The van der Waals surface area contributed by atoms with Crippen molar-refractivity contribution < 1.29 is 13.5 Å². The maximum absolute atomic E-state index is 12.7. The van der Waals surface area contributed by atoms with Crippen molar-refractivity contribution in [3.05, 3.63) is 21.8 Å². The highest BCUT2D eigenvalue weighted by Crippen LogP contribution is 2.36. The molecule has 78 valence electrons. The van der Waals surface area contributed by atoms with Crippen LogP contribution in [0.5, 0.6) is 5.88 Å². The molecule has 0 aliphatic carbocycles. The molecule has 0 fully saturated rings. The maximum Gasteiger partial charge on any atom is 0.265 e. The smallest absolute Gasteiger partial charge is 0.265 e. The van der Waals surface area contributed by atoms with E-state index in [1.807, 2.05) is 0 Å². The fourth-order valence-electron chi connectivity index (χ4n) is 1.00. The van der Waals surface area contributed by atoms with Gasteiger partial charge in [-0.1, -0.05) is 15.9 Å². The molecule has 2 nitrogen and oxygen atoms in total. The Kier molecular flexibility index (Phi) is 4.25. The molecule has 0 unspecified atom stereocenters. The Balaban J connectivity index is 3.31. The van der Waals surface area contributed by atoms with Crippen molar-refractivity contribution in [1.29, 1.82) is 0 Å². The summed E-state index contributed by atoms with van der Waals surface area (Å²) >= 11 is 6.17. The van der Waals surface area contributed by atoms with Crippen molar-refractivity contribution in [2.24, 2.45) is 0 Å². The van der Waals surface area contributed by atoms with Crippen LogP contribution >= 0.6 is 31.9 Å². The van der Waals surface area contributed by atoms with Crippen LogP contribution in [-0.4, -0.2) is 12.1 Å². The summed E-state index contributed by atoms with van der Waals surface area (Å²) in [5, 5.41) is 0.336. The largest absolute Gasteiger partial charge is 0.480 e. The highest BCUT2D eigenvalue weighted by molar-refractivity contribution is 9.10. The third-order valence-corrected chi connectivity index (χ3v) is 3.03. The first-order valence-corrected chi connectivity index (χ1v) is 5.58. The standard InChI is InChI=1S/C8H7Br2F2NO/c1-14-8-6(10)5(7(11)12)4(2-9)3-13-8/h3,7H,2H2,1H3. The molecule has 1 heterocycles. The fourth-order valence-corrected chi connectivity index (χ4v) is 2.14. The second kappa shape index (κ2) is 5.02. The monoisotopic (exact) mass is 329 g/mol. The van der Waals surface area contributed by atoms with Gasteiger partial charge in [-0.05, 0) is 21.5 Å². The van der Waals surface area contributed by atoms with Crippen molar-refractivity contribution >= 4 is 31.9 Å². The van der Waals surface area contributed by atoms with Crippen molar-refractivity contribution in [3.8, 4) is 5.88 Å². The number of pyridine rings is 1. The van der Waals surface area contributed by atoms with Crippen molar-refractivity contribution in [2.45, 2.75) is 11.8 Å². The fraction of sp³-hybridized carbons (Fsp3) is 0.375. The SMILES string of the molecule is COc1ncc(CBr)c(C(F)F)c1Br. The van der Waals surface area contributed by atoms with Crippen LogP contribution in [0.1, 0.15) is 17.6 Å². The molecular weight excluding hydrogens is 324 g/mol. The molecule has 0 saturated carbocycles. The highest BCUT2D eigenvalue weighted by Gasteiger charge is 2.20. The number of hydrogen-bond acceptors (Lipinski definition) is 2. The van der Waals surface area contributed by atoms with E-state index >= 15 is 0 Å². The molecule has 1 rings (SSSR count). The Hall–Kier alpha value is -0.230. The molecule has 0 bridgehead atoms. The molecule has 0 aliphatic heterocycles. The average Bonchev–Trinajstić information content (AvgIpc) is 2.16. The van der Waals surface area contributed by atoms with Gasteiger partial charge < -0.3 is 4.74 Å². The van der Waals surface area contributed by atoms with Crippen molar-refractivity contribution in [1.82, 2.24) is 4.98 Å². The Morgan fingerprint density at radius 3 is 2.64 bits per heavy atom. The lowest BCUT2D eigenvalue weighted by Gasteiger charge is -2.10. The lowest BCUT2D eigenvalue weighted by molar-refractivity contribution is 0.149. The van der Waals surface area contributed by atoms with Gasteiger partial charge >= 0.3 is 0 Å². The molecule has 6 heteroatoms. The van der Waals surface area contributed by atoms with Gasteiger partial charge in [-0.3, -0.25) is 0 Å². The molecule has 0 amide bonds. The second-order valence-electron chi connectivity index (χ2n) is 2.45. The summed E-state index contributed by atoms with van der Waals surface area (Å²) in [5.41, 5.74) is 0.376. The maximum atomic E-state index is 12.7. The van der Waals surface area contributed by atoms with E-state index in [1.54, 1.807) is 0 Å². The first-order valence-electron chi connectivity index (χ1n) is 3.67. The van der Waals surface area contributed by atoms with E-state index in [2.05, 4.69) is 36.8 Å². The Labute approximate surface area is 96.9 Å². The van der Waals surface area contributed by atoms with Gasteiger partial charge in [-0.15, -0.1) is 0 Å².